The van der Waals surface area contributed by atoms with Crippen molar-refractivity contribution in [1.82, 2.24) is 5.32 Å². The molecule has 0 spiro atoms. The summed E-state index contributed by atoms with van der Waals surface area (Å²) in [5.74, 6) is -0.187. The fraction of sp³-hybridized carbons (Fsp3) is 0.462. The molecule has 0 atom stereocenters. The number of benzene rings is 1. The van der Waals surface area contributed by atoms with Crippen LogP contribution in [0.4, 0.5) is 11.4 Å². The number of anilines is 2. The van der Waals surface area contributed by atoms with Crippen molar-refractivity contribution in [2.75, 3.05) is 31.2 Å². The van der Waals surface area contributed by atoms with E-state index in [9.17, 15) is 4.79 Å². The maximum Gasteiger partial charge on any atom is 0.251 e. The highest BCUT2D eigenvalue weighted by atomic mass is 16.5. The van der Waals surface area contributed by atoms with Crippen LogP contribution in [0.3, 0.4) is 0 Å². The molecular formula is C13H21N3O2. The summed E-state index contributed by atoms with van der Waals surface area (Å²) in [7, 11) is 0. The van der Waals surface area contributed by atoms with Gasteiger partial charge in [0.25, 0.3) is 5.91 Å². The molecule has 0 aliphatic heterocycles. The van der Waals surface area contributed by atoms with Gasteiger partial charge in [0, 0.05) is 30.1 Å². The molecule has 1 rings (SSSR count). The van der Waals surface area contributed by atoms with E-state index in [0.717, 1.165) is 19.4 Å². The molecule has 0 aliphatic rings. The lowest BCUT2D eigenvalue weighted by Gasteiger charge is -2.07. The van der Waals surface area contributed by atoms with Crippen LogP contribution in [0, 0.1) is 0 Å². The second kappa shape index (κ2) is 7.55. The summed E-state index contributed by atoms with van der Waals surface area (Å²) in [6.45, 7) is 3.84. The van der Waals surface area contributed by atoms with Crippen molar-refractivity contribution in [2.24, 2.45) is 0 Å². The van der Waals surface area contributed by atoms with Crippen molar-refractivity contribution in [3.63, 3.8) is 0 Å². The first kappa shape index (κ1) is 14.3. The van der Waals surface area contributed by atoms with Gasteiger partial charge < -0.3 is 21.5 Å². The fourth-order valence-electron chi connectivity index (χ4n) is 1.49. The highest BCUT2D eigenvalue weighted by Crippen LogP contribution is 2.13. The van der Waals surface area contributed by atoms with E-state index in [1.54, 1.807) is 18.2 Å². The Morgan fingerprint density at radius 2 is 1.89 bits per heavy atom. The molecule has 100 valence electrons. The summed E-state index contributed by atoms with van der Waals surface area (Å²) in [5, 5.41) is 2.76. The van der Waals surface area contributed by atoms with Crippen LogP contribution in [-0.2, 0) is 4.74 Å². The van der Waals surface area contributed by atoms with Gasteiger partial charge in [0.2, 0.25) is 0 Å². The Balaban J connectivity index is 2.32. The average molecular weight is 251 g/mol. The second-order valence-electron chi connectivity index (χ2n) is 4.11. The number of rotatable bonds is 7. The zero-order valence-corrected chi connectivity index (χ0v) is 10.7. The van der Waals surface area contributed by atoms with Gasteiger partial charge in [-0.3, -0.25) is 4.79 Å². The minimum absolute atomic E-state index is 0.187. The highest BCUT2D eigenvalue weighted by Gasteiger charge is 2.06. The summed E-state index contributed by atoms with van der Waals surface area (Å²) < 4.78 is 5.34. The first-order valence-corrected chi connectivity index (χ1v) is 6.15. The number of hydrogen-bond donors (Lipinski definition) is 3. The molecule has 1 aromatic rings. The third-order valence-corrected chi connectivity index (χ3v) is 2.41. The zero-order chi connectivity index (χ0) is 13.4. The molecule has 0 saturated carbocycles. The smallest absolute Gasteiger partial charge is 0.251 e. The Bertz CT molecular complexity index is 374. The van der Waals surface area contributed by atoms with Crippen LogP contribution in [0.2, 0.25) is 0 Å². The van der Waals surface area contributed by atoms with Crippen LogP contribution in [0.1, 0.15) is 30.1 Å². The molecular weight excluding hydrogens is 230 g/mol. The van der Waals surface area contributed by atoms with E-state index in [-0.39, 0.29) is 5.91 Å². The monoisotopic (exact) mass is 251 g/mol. The molecule has 0 fully saturated rings. The lowest BCUT2D eigenvalue weighted by atomic mass is 10.1. The molecule has 0 radical (unpaired) electrons. The number of carbonyl (C=O) groups is 1. The average Bonchev–Trinajstić information content (AvgIpc) is 2.32. The van der Waals surface area contributed by atoms with Crippen molar-refractivity contribution >= 4 is 17.3 Å². The summed E-state index contributed by atoms with van der Waals surface area (Å²) >= 11 is 0. The third kappa shape index (κ3) is 5.05. The number of nitrogens with one attached hydrogen (secondary N) is 1. The quantitative estimate of drug-likeness (QED) is 0.504. The molecule has 5 nitrogen and oxygen atoms in total. The van der Waals surface area contributed by atoms with Gasteiger partial charge in [-0.25, -0.2) is 0 Å². The second-order valence-corrected chi connectivity index (χ2v) is 4.11. The summed E-state index contributed by atoms with van der Waals surface area (Å²) in [6.07, 6.45) is 2.15. The van der Waals surface area contributed by atoms with Crippen LogP contribution >= 0.6 is 0 Å². The summed E-state index contributed by atoms with van der Waals surface area (Å²) in [5.41, 5.74) is 12.7. The summed E-state index contributed by atoms with van der Waals surface area (Å²) in [4.78, 5) is 11.8. The van der Waals surface area contributed by atoms with Gasteiger partial charge in [-0.15, -0.1) is 0 Å². The van der Waals surface area contributed by atoms with Crippen LogP contribution in [0.5, 0.6) is 0 Å². The number of hydrogen-bond acceptors (Lipinski definition) is 4. The molecule has 5 N–H and O–H groups in total. The Morgan fingerprint density at radius 1 is 1.22 bits per heavy atom. The Labute approximate surface area is 107 Å². The van der Waals surface area contributed by atoms with Gasteiger partial charge in [0.15, 0.2) is 0 Å². The van der Waals surface area contributed by atoms with Gasteiger partial charge in [0.1, 0.15) is 0 Å². The van der Waals surface area contributed by atoms with Crippen LogP contribution in [0.15, 0.2) is 18.2 Å². The Kier molecular flexibility index (Phi) is 6.00. The standard InChI is InChI=1S/C13H21N3O2/c1-2-3-5-18-6-4-16-13(17)10-7-11(14)9-12(15)8-10/h7-9H,2-6,14-15H2,1H3,(H,16,17). The maximum absolute atomic E-state index is 11.8. The van der Waals surface area contributed by atoms with E-state index in [0.29, 0.717) is 30.1 Å². The number of unbranched alkanes of at least 4 members (excludes halogenated alkanes) is 1. The van der Waals surface area contributed by atoms with E-state index < -0.39 is 0 Å². The van der Waals surface area contributed by atoms with Gasteiger partial charge >= 0.3 is 0 Å². The molecule has 1 aromatic carbocycles. The number of ether oxygens (including phenoxy) is 1. The normalized spacial score (nSPS) is 10.3. The third-order valence-electron chi connectivity index (χ3n) is 2.41. The Hall–Kier alpha value is -1.75. The summed E-state index contributed by atoms with van der Waals surface area (Å²) in [6, 6.07) is 4.82. The maximum atomic E-state index is 11.8. The number of nitrogens with two attached hydrogens (primary N) is 2. The predicted octanol–water partition coefficient (Wildman–Crippen LogP) is 1.40. The van der Waals surface area contributed by atoms with Gasteiger partial charge in [0.05, 0.1) is 6.61 Å². The predicted molar refractivity (Wildman–Crippen MR) is 73.3 cm³/mol. The van der Waals surface area contributed by atoms with Crippen molar-refractivity contribution in [2.45, 2.75) is 19.8 Å². The molecule has 0 saturated heterocycles. The topological polar surface area (TPSA) is 90.4 Å². The number of carbonyl (C=O) groups excluding carboxylic acids is 1. The van der Waals surface area contributed by atoms with Crippen LogP contribution in [0.25, 0.3) is 0 Å². The van der Waals surface area contributed by atoms with Crippen molar-refractivity contribution < 1.29 is 9.53 Å². The molecule has 0 aromatic heterocycles. The lowest BCUT2D eigenvalue weighted by Crippen LogP contribution is -2.27. The zero-order valence-electron chi connectivity index (χ0n) is 10.7. The first-order chi connectivity index (χ1) is 8.63. The van der Waals surface area contributed by atoms with Crippen molar-refractivity contribution in [1.29, 1.82) is 0 Å². The van der Waals surface area contributed by atoms with Crippen LogP contribution < -0.4 is 16.8 Å². The lowest BCUT2D eigenvalue weighted by molar-refractivity contribution is 0.0913. The molecule has 0 unspecified atom stereocenters. The van der Waals surface area contributed by atoms with Gasteiger partial charge in [-0.1, -0.05) is 13.3 Å². The van der Waals surface area contributed by atoms with E-state index in [2.05, 4.69) is 12.2 Å². The minimum atomic E-state index is -0.187. The molecule has 0 bridgehead atoms. The number of nitrogen functional groups attached to an aromatic ring is 2. The first-order valence-electron chi connectivity index (χ1n) is 6.15. The largest absolute Gasteiger partial charge is 0.399 e. The van der Waals surface area contributed by atoms with Crippen molar-refractivity contribution in [3.8, 4) is 0 Å². The van der Waals surface area contributed by atoms with E-state index >= 15 is 0 Å². The Morgan fingerprint density at radius 3 is 2.50 bits per heavy atom. The van der Waals surface area contributed by atoms with Crippen molar-refractivity contribution in [3.05, 3.63) is 23.8 Å². The van der Waals surface area contributed by atoms with E-state index in [1.165, 1.54) is 0 Å². The molecule has 18 heavy (non-hydrogen) atoms. The molecule has 0 aliphatic carbocycles. The highest BCUT2D eigenvalue weighted by molar-refractivity contribution is 5.96. The van der Waals surface area contributed by atoms with Gasteiger partial charge in [-0.2, -0.15) is 0 Å². The van der Waals surface area contributed by atoms with Crippen LogP contribution in [-0.4, -0.2) is 25.7 Å². The van der Waals surface area contributed by atoms with E-state index in [4.69, 9.17) is 16.2 Å². The SMILES string of the molecule is CCCCOCCNC(=O)c1cc(N)cc(N)c1. The number of amides is 1. The van der Waals surface area contributed by atoms with E-state index in [1.807, 2.05) is 0 Å². The molecule has 0 heterocycles. The molecule has 5 heteroatoms. The molecule has 1 amide bonds. The van der Waals surface area contributed by atoms with Gasteiger partial charge in [-0.05, 0) is 24.6 Å². The fourth-order valence-corrected chi connectivity index (χ4v) is 1.49. The minimum Gasteiger partial charge on any atom is -0.399 e.